The molecule has 3 aromatic carbocycles. The number of hydrogen-bond acceptors (Lipinski definition) is 1. The molecule has 0 unspecified atom stereocenters. The van der Waals surface area contributed by atoms with Gasteiger partial charge in [0.25, 0.3) is 0 Å². The summed E-state index contributed by atoms with van der Waals surface area (Å²) in [6, 6.07) is 32.4. The quantitative estimate of drug-likeness (QED) is 0.275. The summed E-state index contributed by atoms with van der Waals surface area (Å²) in [5.74, 6) is 0. The number of unbranched alkanes of at least 4 members (excludes halogenated alkanes) is 2. The Kier molecular flexibility index (Phi) is 6.06. The van der Waals surface area contributed by atoms with Crippen LogP contribution in [-0.4, -0.2) is 12.4 Å². The normalized spacial score (nSPS) is 12.9. The predicted octanol–water partition coefficient (Wildman–Crippen LogP) is 5.20. The van der Waals surface area contributed by atoms with Gasteiger partial charge in [-0.25, -0.2) is 0 Å². The number of halogens is 1. The molecule has 0 bridgehead atoms. The fraction of sp³-hybridized carbons (Fsp3) is 0.174. The molecule has 3 rings (SSSR count). The van der Waals surface area contributed by atoms with Gasteiger partial charge in [0.05, 0.1) is 0 Å². The average Bonchev–Trinajstić information content (AvgIpc) is 2.73. The minimum atomic E-state index is -2.79. The third-order valence-corrected chi connectivity index (χ3v) is 15.1. The number of carbonyl (C=O) groups is 1. The van der Waals surface area contributed by atoms with Crippen LogP contribution in [0.5, 0.6) is 0 Å². The van der Waals surface area contributed by atoms with Crippen LogP contribution in [0.15, 0.2) is 91.0 Å². The first-order valence-corrected chi connectivity index (χ1v) is 13.5. The molecular weight excluding hydrogens is 403 g/mol. The second-order valence-electron chi connectivity index (χ2n) is 6.58. The zero-order valence-electron chi connectivity index (χ0n) is 14.8. The summed E-state index contributed by atoms with van der Waals surface area (Å²) in [6.07, 6.45) is 4.56. The van der Waals surface area contributed by atoms with Gasteiger partial charge in [0.1, 0.15) is 0 Å². The van der Waals surface area contributed by atoms with Gasteiger partial charge in [-0.3, -0.25) is 0 Å². The summed E-state index contributed by atoms with van der Waals surface area (Å²) in [5, 5.41) is 1.22. The number of aldehydes is 1. The summed E-state index contributed by atoms with van der Waals surface area (Å²) in [6.45, 7) is 0. The zero-order chi connectivity index (χ0) is 18.3. The molecule has 134 valence electrons. The van der Waals surface area contributed by atoms with Crippen molar-refractivity contribution in [2.24, 2.45) is 0 Å². The minimum absolute atomic E-state index is 0.623. The molecule has 0 aromatic heterocycles. The Bertz CT molecular complexity index is 734. The molecule has 0 amide bonds. The predicted molar refractivity (Wildman–Crippen MR) is 119 cm³/mol. The maximum absolute atomic E-state index is 10.8. The molecular formula is C23H24BrOP. The summed E-state index contributed by atoms with van der Waals surface area (Å²) >= 11 is 4.41. The van der Waals surface area contributed by atoms with Crippen molar-refractivity contribution in [1.82, 2.24) is 0 Å². The molecule has 0 spiro atoms. The van der Waals surface area contributed by atoms with Gasteiger partial charge < -0.3 is 0 Å². The molecule has 3 aromatic rings. The van der Waals surface area contributed by atoms with Crippen molar-refractivity contribution in [2.75, 3.05) is 6.16 Å². The Morgan fingerprint density at radius 2 is 1.04 bits per heavy atom. The summed E-state index contributed by atoms with van der Waals surface area (Å²) < 4.78 is 0. The van der Waals surface area contributed by atoms with Crippen molar-refractivity contribution >= 4 is 43.0 Å². The van der Waals surface area contributed by atoms with Crippen LogP contribution in [0.4, 0.5) is 0 Å². The standard InChI is InChI=1S/C23H24BrOP/c24-26(20-12-4-11-19-25,21-13-5-1-6-14-21,22-15-7-2-8-16-22)23-17-9-3-10-18-23/h1-3,5-10,13-19H,4,11-12,20H2. The van der Waals surface area contributed by atoms with Gasteiger partial charge in [-0.2, -0.15) is 0 Å². The van der Waals surface area contributed by atoms with Crippen LogP contribution in [-0.2, 0) is 4.79 Å². The molecule has 26 heavy (non-hydrogen) atoms. The molecule has 0 heterocycles. The van der Waals surface area contributed by atoms with Gasteiger partial charge in [0.2, 0.25) is 0 Å². The first kappa shape index (κ1) is 19.0. The summed E-state index contributed by atoms with van der Waals surface area (Å²) in [5.41, 5.74) is 0. The van der Waals surface area contributed by atoms with Crippen LogP contribution < -0.4 is 15.9 Å². The fourth-order valence-electron chi connectivity index (χ4n) is 3.69. The van der Waals surface area contributed by atoms with Gasteiger partial charge in [-0.05, 0) is 0 Å². The van der Waals surface area contributed by atoms with Crippen LogP contribution in [0.1, 0.15) is 19.3 Å². The summed E-state index contributed by atoms with van der Waals surface area (Å²) in [4.78, 5) is 10.8. The van der Waals surface area contributed by atoms with Crippen LogP contribution in [0.3, 0.4) is 0 Å². The zero-order valence-corrected chi connectivity index (χ0v) is 17.3. The molecule has 0 atom stereocenters. The van der Waals surface area contributed by atoms with Gasteiger partial charge in [-0.1, -0.05) is 0 Å². The van der Waals surface area contributed by atoms with Crippen LogP contribution in [0, 0.1) is 0 Å². The Hall–Kier alpha value is -1.76. The van der Waals surface area contributed by atoms with E-state index in [1.165, 1.54) is 15.9 Å². The third-order valence-electron chi connectivity index (χ3n) is 5.03. The van der Waals surface area contributed by atoms with E-state index in [2.05, 4.69) is 106 Å². The Labute approximate surface area is 164 Å². The van der Waals surface area contributed by atoms with E-state index in [4.69, 9.17) is 0 Å². The van der Waals surface area contributed by atoms with Gasteiger partial charge >= 0.3 is 164 Å². The van der Waals surface area contributed by atoms with E-state index in [1.807, 2.05) is 0 Å². The number of carbonyl (C=O) groups excluding carboxylic acids is 1. The van der Waals surface area contributed by atoms with E-state index in [0.717, 1.165) is 25.3 Å². The van der Waals surface area contributed by atoms with Crippen molar-refractivity contribution < 1.29 is 4.79 Å². The van der Waals surface area contributed by atoms with Crippen molar-refractivity contribution in [3.63, 3.8) is 0 Å². The van der Waals surface area contributed by atoms with Gasteiger partial charge in [0, 0.05) is 0 Å². The Morgan fingerprint density at radius 3 is 1.38 bits per heavy atom. The van der Waals surface area contributed by atoms with Crippen LogP contribution >= 0.6 is 20.8 Å². The van der Waals surface area contributed by atoms with E-state index in [9.17, 15) is 4.79 Å². The van der Waals surface area contributed by atoms with E-state index in [1.54, 1.807) is 0 Å². The van der Waals surface area contributed by atoms with Crippen LogP contribution in [0.25, 0.3) is 0 Å². The first-order valence-electron chi connectivity index (χ1n) is 9.03. The van der Waals surface area contributed by atoms with Crippen molar-refractivity contribution in [3.8, 4) is 0 Å². The molecule has 0 fully saturated rings. The van der Waals surface area contributed by atoms with Crippen molar-refractivity contribution in [1.29, 1.82) is 0 Å². The number of hydrogen-bond donors (Lipinski definition) is 0. The molecule has 0 saturated carbocycles. The number of benzene rings is 3. The van der Waals surface area contributed by atoms with Crippen molar-refractivity contribution in [3.05, 3.63) is 91.0 Å². The average molecular weight is 427 g/mol. The van der Waals surface area contributed by atoms with E-state index < -0.39 is 5.31 Å². The molecule has 0 aliphatic rings. The molecule has 3 heteroatoms. The maximum atomic E-state index is 10.8. The fourth-order valence-corrected chi connectivity index (χ4v) is 11.4. The monoisotopic (exact) mass is 426 g/mol. The van der Waals surface area contributed by atoms with Crippen molar-refractivity contribution in [2.45, 2.75) is 19.3 Å². The SMILES string of the molecule is O=CCCCCP(Br)(c1ccccc1)(c1ccccc1)c1ccccc1. The summed E-state index contributed by atoms with van der Waals surface area (Å²) in [7, 11) is 0. The molecule has 0 saturated heterocycles. The molecule has 0 aliphatic carbocycles. The second kappa shape index (κ2) is 8.29. The van der Waals surface area contributed by atoms with E-state index in [0.29, 0.717) is 6.42 Å². The third kappa shape index (κ3) is 3.41. The Morgan fingerprint density at radius 1 is 0.654 bits per heavy atom. The first-order chi connectivity index (χ1) is 12.7. The molecule has 0 N–H and O–H groups in total. The number of rotatable bonds is 8. The molecule has 1 nitrogen and oxygen atoms in total. The van der Waals surface area contributed by atoms with E-state index in [-0.39, 0.29) is 0 Å². The topological polar surface area (TPSA) is 17.1 Å². The molecule has 0 aliphatic heterocycles. The van der Waals surface area contributed by atoms with Gasteiger partial charge in [0.15, 0.2) is 0 Å². The van der Waals surface area contributed by atoms with E-state index >= 15 is 0 Å². The molecule has 0 radical (unpaired) electrons. The van der Waals surface area contributed by atoms with Crippen LogP contribution in [0.2, 0.25) is 0 Å². The Balaban J connectivity index is 2.26. The van der Waals surface area contributed by atoms with Gasteiger partial charge in [-0.15, -0.1) is 0 Å². The second-order valence-corrected chi connectivity index (χ2v) is 15.6.